The van der Waals surface area contributed by atoms with Crippen LogP contribution in [-0.4, -0.2) is 35.8 Å². The van der Waals surface area contributed by atoms with E-state index >= 15 is 0 Å². The number of rotatable bonds is 2. The third kappa shape index (κ3) is 2.81. The molecule has 0 unspecified atom stereocenters. The van der Waals surface area contributed by atoms with Crippen molar-refractivity contribution in [3.8, 4) is 0 Å². The first kappa shape index (κ1) is 13.7. The molecule has 2 heterocycles. The first-order valence-electron chi connectivity index (χ1n) is 5.79. The summed E-state index contributed by atoms with van der Waals surface area (Å²) in [6.07, 6.45) is 4.23. The van der Waals surface area contributed by atoms with Crippen LogP contribution in [0.25, 0.3) is 0 Å². The molecule has 0 aromatic carbocycles. The van der Waals surface area contributed by atoms with Gasteiger partial charge in [0.2, 0.25) is 15.3 Å². The standard InChI is InChI=1S/C11H16ClN3O2S/c1-11(2)3-5-15(6-4-11)18(16,17)9-7-13-10(12)14-8-9/h7-8H,3-6H2,1-2H3. The normalized spacial score (nSPS) is 20.8. The maximum atomic E-state index is 12.3. The quantitative estimate of drug-likeness (QED) is 0.781. The number of halogens is 1. The highest BCUT2D eigenvalue weighted by Crippen LogP contribution is 2.32. The largest absolute Gasteiger partial charge is 0.246 e. The Hall–Kier alpha value is -0.720. The molecule has 0 bridgehead atoms. The van der Waals surface area contributed by atoms with Crippen LogP contribution >= 0.6 is 11.6 Å². The Kier molecular flexibility index (Phi) is 3.62. The summed E-state index contributed by atoms with van der Waals surface area (Å²) in [6.45, 7) is 5.39. The van der Waals surface area contributed by atoms with Crippen molar-refractivity contribution in [1.82, 2.24) is 14.3 Å². The lowest BCUT2D eigenvalue weighted by Gasteiger charge is -2.35. The van der Waals surface area contributed by atoms with Gasteiger partial charge in [0.05, 0.1) is 12.4 Å². The Balaban J connectivity index is 2.20. The van der Waals surface area contributed by atoms with Crippen LogP contribution in [0.4, 0.5) is 0 Å². The first-order chi connectivity index (χ1) is 8.31. The predicted molar refractivity (Wildman–Crippen MR) is 68.8 cm³/mol. The Morgan fingerprint density at radius 1 is 1.22 bits per heavy atom. The zero-order chi connectivity index (χ0) is 13.4. The van der Waals surface area contributed by atoms with E-state index in [9.17, 15) is 8.42 Å². The molecule has 0 atom stereocenters. The first-order valence-corrected chi connectivity index (χ1v) is 7.61. The van der Waals surface area contributed by atoms with Gasteiger partial charge in [-0.15, -0.1) is 0 Å². The fourth-order valence-electron chi connectivity index (χ4n) is 1.91. The van der Waals surface area contributed by atoms with Crippen molar-refractivity contribution in [1.29, 1.82) is 0 Å². The van der Waals surface area contributed by atoms with E-state index in [2.05, 4.69) is 23.8 Å². The fourth-order valence-corrected chi connectivity index (χ4v) is 3.35. The Labute approximate surface area is 112 Å². The molecule has 0 N–H and O–H groups in total. The minimum atomic E-state index is -3.48. The average Bonchev–Trinajstić information content (AvgIpc) is 2.29. The number of sulfonamides is 1. The minimum absolute atomic E-state index is 0.0497. The van der Waals surface area contributed by atoms with Crippen LogP contribution in [0.2, 0.25) is 5.28 Å². The van der Waals surface area contributed by atoms with Crippen molar-refractivity contribution in [3.05, 3.63) is 17.7 Å². The predicted octanol–water partition coefficient (Wildman–Crippen LogP) is 1.94. The van der Waals surface area contributed by atoms with Gasteiger partial charge < -0.3 is 0 Å². The van der Waals surface area contributed by atoms with Crippen molar-refractivity contribution in [2.45, 2.75) is 31.6 Å². The van der Waals surface area contributed by atoms with Crippen LogP contribution in [0.15, 0.2) is 17.3 Å². The fraction of sp³-hybridized carbons (Fsp3) is 0.636. The molecule has 1 aliphatic heterocycles. The van der Waals surface area contributed by atoms with E-state index in [1.54, 1.807) is 0 Å². The molecule has 1 saturated heterocycles. The van der Waals surface area contributed by atoms with Gasteiger partial charge in [-0.05, 0) is 29.9 Å². The van der Waals surface area contributed by atoms with E-state index < -0.39 is 10.0 Å². The number of hydrogen-bond acceptors (Lipinski definition) is 4. The van der Waals surface area contributed by atoms with Crippen LogP contribution in [0.1, 0.15) is 26.7 Å². The highest BCUT2D eigenvalue weighted by Gasteiger charge is 2.32. The molecule has 0 saturated carbocycles. The molecule has 2 rings (SSSR count). The second-order valence-corrected chi connectivity index (χ2v) is 7.53. The number of aromatic nitrogens is 2. The van der Waals surface area contributed by atoms with Crippen LogP contribution in [0, 0.1) is 5.41 Å². The lowest BCUT2D eigenvalue weighted by atomic mass is 9.83. The van der Waals surface area contributed by atoms with E-state index in [0.717, 1.165) is 12.8 Å². The highest BCUT2D eigenvalue weighted by molar-refractivity contribution is 7.89. The van der Waals surface area contributed by atoms with E-state index in [4.69, 9.17) is 11.6 Å². The number of piperidine rings is 1. The van der Waals surface area contributed by atoms with Crippen LogP contribution in [-0.2, 0) is 10.0 Å². The summed E-state index contributed by atoms with van der Waals surface area (Å²) in [5, 5.41) is 0.0497. The summed E-state index contributed by atoms with van der Waals surface area (Å²) in [6, 6.07) is 0. The third-order valence-corrected chi connectivity index (χ3v) is 5.36. The van der Waals surface area contributed by atoms with Gasteiger partial charge in [-0.3, -0.25) is 0 Å². The molecule has 0 aliphatic carbocycles. The van der Waals surface area contributed by atoms with Crippen molar-refractivity contribution in [2.24, 2.45) is 5.41 Å². The molecular formula is C11H16ClN3O2S. The van der Waals surface area contributed by atoms with Gasteiger partial charge in [-0.1, -0.05) is 13.8 Å². The zero-order valence-electron chi connectivity index (χ0n) is 10.4. The molecule has 18 heavy (non-hydrogen) atoms. The van der Waals surface area contributed by atoms with Gasteiger partial charge in [0.1, 0.15) is 4.90 Å². The van der Waals surface area contributed by atoms with Gasteiger partial charge in [-0.2, -0.15) is 4.31 Å². The number of nitrogens with zero attached hydrogens (tertiary/aromatic N) is 3. The van der Waals surface area contributed by atoms with Gasteiger partial charge in [0.15, 0.2) is 0 Å². The van der Waals surface area contributed by atoms with Crippen molar-refractivity contribution in [2.75, 3.05) is 13.1 Å². The van der Waals surface area contributed by atoms with Crippen LogP contribution in [0.5, 0.6) is 0 Å². The van der Waals surface area contributed by atoms with E-state index in [1.807, 2.05) is 0 Å². The molecule has 0 amide bonds. The molecule has 0 spiro atoms. The Bertz CT molecular complexity index is 518. The summed E-state index contributed by atoms with van der Waals surface area (Å²) in [7, 11) is -3.48. The maximum Gasteiger partial charge on any atom is 0.246 e. The Morgan fingerprint density at radius 2 is 1.72 bits per heavy atom. The molecule has 0 radical (unpaired) electrons. The van der Waals surface area contributed by atoms with Gasteiger partial charge in [0, 0.05) is 13.1 Å². The molecule has 100 valence electrons. The molecular weight excluding hydrogens is 274 g/mol. The molecule has 7 heteroatoms. The molecule has 5 nitrogen and oxygen atoms in total. The lowest BCUT2D eigenvalue weighted by Crippen LogP contribution is -2.41. The van der Waals surface area contributed by atoms with E-state index in [1.165, 1.54) is 16.7 Å². The van der Waals surface area contributed by atoms with E-state index in [0.29, 0.717) is 13.1 Å². The van der Waals surface area contributed by atoms with Gasteiger partial charge in [0.25, 0.3) is 0 Å². The van der Waals surface area contributed by atoms with Crippen LogP contribution < -0.4 is 0 Å². The smallest absolute Gasteiger partial charge is 0.225 e. The zero-order valence-corrected chi connectivity index (χ0v) is 12.0. The summed E-state index contributed by atoms with van der Waals surface area (Å²) >= 11 is 5.55. The van der Waals surface area contributed by atoms with Crippen LogP contribution in [0.3, 0.4) is 0 Å². The second-order valence-electron chi connectivity index (χ2n) is 5.26. The van der Waals surface area contributed by atoms with Gasteiger partial charge >= 0.3 is 0 Å². The third-order valence-electron chi connectivity index (χ3n) is 3.31. The molecule has 1 aliphatic rings. The second kappa shape index (κ2) is 4.75. The average molecular weight is 290 g/mol. The minimum Gasteiger partial charge on any atom is -0.225 e. The lowest BCUT2D eigenvalue weighted by molar-refractivity contribution is 0.196. The number of hydrogen-bond donors (Lipinski definition) is 0. The maximum absolute atomic E-state index is 12.3. The van der Waals surface area contributed by atoms with Crippen molar-refractivity contribution in [3.63, 3.8) is 0 Å². The topological polar surface area (TPSA) is 63.2 Å². The molecule has 1 aromatic heterocycles. The van der Waals surface area contributed by atoms with Gasteiger partial charge in [-0.25, -0.2) is 18.4 Å². The monoisotopic (exact) mass is 289 g/mol. The summed E-state index contributed by atoms with van der Waals surface area (Å²) in [5.41, 5.74) is 0.211. The molecule has 1 fully saturated rings. The summed E-state index contributed by atoms with van der Waals surface area (Å²) in [5.74, 6) is 0. The van der Waals surface area contributed by atoms with E-state index in [-0.39, 0.29) is 15.6 Å². The highest BCUT2D eigenvalue weighted by atomic mass is 35.5. The summed E-state index contributed by atoms with van der Waals surface area (Å²) < 4.78 is 26.1. The van der Waals surface area contributed by atoms with Crippen molar-refractivity contribution >= 4 is 21.6 Å². The molecule has 1 aromatic rings. The Morgan fingerprint density at radius 3 is 2.22 bits per heavy atom. The summed E-state index contributed by atoms with van der Waals surface area (Å²) in [4.78, 5) is 7.54. The van der Waals surface area contributed by atoms with Crippen molar-refractivity contribution < 1.29 is 8.42 Å². The SMILES string of the molecule is CC1(C)CCN(S(=O)(=O)c2cnc(Cl)nc2)CC1.